The fourth-order valence-electron chi connectivity index (χ4n) is 2.65. The van der Waals surface area contributed by atoms with Gasteiger partial charge in [-0.05, 0) is 35.9 Å². The zero-order valence-electron chi connectivity index (χ0n) is 14.9. The second kappa shape index (κ2) is 8.43. The summed E-state index contributed by atoms with van der Waals surface area (Å²) in [6.07, 6.45) is -9.61. The van der Waals surface area contributed by atoms with Crippen LogP contribution in [0, 0.1) is 11.3 Å². The van der Waals surface area contributed by atoms with Gasteiger partial charge in [-0.3, -0.25) is 0 Å². The maximum Gasteiger partial charge on any atom is 0.417 e. The highest BCUT2D eigenvalue weighted by Crippen LogP contribution is 2.35. The molecule has 0 aromatic heterocycles. The third kappa shape index (κ3) is 5.88. The molecule has 2 aromatic carbocycles. The molecule has 154 valence electrons. The Bertz CT molecular complexity index is 932. The molecule has 0 spiro atoms. The predicted octanol–water partition coefficient (Wildman–Crippen LogP) is 4.93. The van der Waals surface area contributed by atoms with Gasteiger partial charge in [0, 0.05) is 12.2 Å². The van der Waals surface area contributed by atoms with Crippen molar-refractivity contribution >= 4 is 11.7 Å². The standard InChI is InChI=1S/C19H14F6N2O2/c1-29-17(28)13-4-2-3-12(7-13)10-27(11-18(20,21)22)15-6-5-14(9-26)16(8-15)19(23,24)25/h2-8H,10-11H2,1H3. The second-order valence-electron chi connectivity index (χ2n) is 6.00. The van der Waals surface area contributed by atoms with Gasteiger partial charge in [-0.2, -0.15) is 31.6 Å². The number of nitrogens with zero attached hydrogens (tertiary/aromatic N) is 2. The molecule has 0 saturated carbocycles. The molecule has 4 nitrogen and oxygen atoms in total. The van der Waals surface area contributed by atoms with E-state index in [-0.39, 0.29) is 16.8 Å². The number of hydrogen-bond acceptors (Lipinski definition) is 4. The molecular weight excluding hydrogens is 402 g/mol. The largest absolute Gasteiger partial charge is 0.465 e. The summed E-state index contributed by atoms with van der Waals surface area (Å²) in [6, 6.07) is 9.28. The van der Waals surface area contributed by atoms with Gasteiger partial charge in [0.1, 0.15) is 6.54 Å². The first kappa shape index (κ1) is 22.1. The zero-order chi connectivity index (χ0) is 21.8. The van der Waals surface area contributed by atoms with Crippen LogP contribution in [-0.2, 0) is 17.5 Å². The summed E-state index contributed by atoms with van der Waals surface area (Å²) >= 11 is 0. The molecule has 0 N–H and O–H groups in total. The van der Waals surface area contributed by atoms with E-state index in [4.69, 9.17) is 5.26 Å². The van der Waals surface area contributed by atoms with Crippen LogP contribution in [0.25, 0.3) is 0 Å². The maximum atomic E-state index is 13.2. The third-order valence-corrected chi connectivity index (χ3v) is 3.89. The van der Waals surface area contributed by atoms with Crippen LogP contribution in [0.15, 0.2) is 42.5 Å². The molecule has 0 aliphatic carbocycles. The maximum absolute atomic E-state index is 13.2. The second-order valence-corrected chi connectivity index (χ2v) is 6.00. The average molecular weight is 416 g/mol. The number of nitriles is 1. The van der Waals surface area contributed by atoms with Crippen molar-refractivity contribution in [3.8, 4) is 6.07 Å². The Labute approximate surface area is 161 Å². The van der Waals surface area contributed by atoms with E-state index >= 15 is 0 Å². The number of carbonyl (C=O) groups is 1. The minimum absolute atomic E-state index is 0.0905. The van der Waals surface area contributed by atoms with Crippen molar-refractivity contribution in [2.75, 3.05) is 18.6 Å². The van der Waals surface area contributed by atoms with Gasteiger partial charge in [-0.1, -0.05) is 12.1 Å². The number of benzene rings is 2. The number of halogens is 6. The van der Waals surface area contributed by atoms with Crippen molar-refractivity contribution in [1.29, 1.82) is 5.26 Å². The molecule has 10 heteroatoms. The summed E-state index contributed by atoms with van der Waals surface area (Å²) in [7, 11) is 1.14. The highest BCUT2D eigenvalue weighted by atomic mass is 19.4. The lowest BCUT2D eigenvalue weighted by Crippen LogP contribution is -2.34. The van der Waals surface area contributed by atoms with E-state index in [0.29, 0.717) is 11.0 Å². The van der Waals surface area contributed by atoms with Crippen LogP contribution in [0.3, 0.4) is 0 Å². The Balaban J connectivity index is 2.47. The lowest BCUT2D eigenvalue weighted by atomic mass is 10.1. The highest BCUT2D eigenvalue weighted by molar-refractivity contribution is 5.89. The first-order chi connectivity index (χ1) is 13.4. The van der Waals surface area contributed by atoms with E-state index in [0.717, 1.165) is 19.2 Å². The van der Waals surface area contributed by atoms with Crippen molar-refractivity contribution in [2.45, 2.75) is 18.9 Å². The van der Waals surface area contributed by atoms with Crippen molar-refractivity contribution in [2.24, 2.45) is 0 Å². The van der Waals surface area contributed by atoms with E-state index in [1.807, 2.05) is 0 Å². The number of methoxy groups -OCH3 is 1. The van der Waals surface area contributed by atoms with Crippen LogP contribution in [0.2, 0.25) is 0 Å². The number of hydrogen-bond donors (Lipinski definition) is 0. The van der Waals surface area contributed by atoms with E-state index in [2.05, 4.69) is 4.74 Å². The highest BCUT2D eigenvalue weighted by Gasteiger charge is 2.36. The Morgan fingerprint density at radius 3 is 2.34 bits per heavy atom. The van der Waals surface area contributed by atoms with Gasteiger partial charge in [0.15, 0.2) is 0 Å². The van der Waals surface area contributed by atoms with Gasteiger partial charge in [-0.15, -0.1) is 0 Å². The monoisotopic (exact) mass is 416 g/mol. The van der Waals surface area contributed by atoms with Crippen molar-refractivity contribution in [3.63, 3.8) is 0 Å². The van der Waals surface area contributed by atoms with Gasteiger partial charge in [-0.25, -0.2) is 4.79 Å². The summed E-state index contributed by atoms with van der Waals surface area (Å²) in [5.41, 5.74) is -2.03. The summed E-state index contributed by atoms with van der Waals surface area (Å²) in [4.78, 5) is 12.3. The number of rotatable bonds is 5. The predicted molar refractivity (Wildman–Crippen MR) is 91.0 cm³/mol. The lowest BCUT2D eigenvalue weighted by Gasteiger charge is -2.27. The Morgan fingerprint density at radius 2 is 1.79 bits per heavy atom. The fourth-order valence-corrected chi connectivity index (χ4v) is 2.65. The van der Waals surface area contributed by atoms with Crippen molar-refractivity contribution < 1.29 is 35.9 Å². The smallest absolute Gasteiger partial charge is 0.417 e. The molecule has 0 aliphatic heterocycles. The normalized spacial score (nSPS) is 11.7. The molecule has 0 bridgehead atoms. The number of esters is 1. The third-order valence-electron chi connectivity index (χ3n) is 3.89. The number of ether oxygens (including phenoxy) is 1. The molecule has 0 atom stereocenters. The van der Waals surface area contributed by atoms with Crippen LogP contribution < -0.4 is 4.90 Å². The van der Waals surface area contributed by atoms with E-state index in [1.54, 1.807) is 0 Å². The summed E-state index contributed by atoms with van der Waals surface area (Å²) in [5.74, 6) is -0.702. The first-order valence-electron chi connectivity index (χ1n) is 8.05. The summed E-state index contributed by atoms with van der Waals surface area (Å²) in [6.45, 7) is -1.95. The van der Waals surface area contributed by atoms with Crippen LogP contribution in [0.1, 0.15) is 27.0 Å². The van der Waals surface area contributed by atoms with Crippen LogP contribution >= 0.6 is 0 Å². The molecule has 0 aliphatic rings. The Hall–Kier alpha value is -3.22. The summed E-state index contributed by atoms with van der Waals surface area (Å²) in [5, 5.41) is 8.85. The number of alkyl halides is 6. The molecule has 29 heavy (non-hydrogen) atoms. The van der Waals surface area contributed by atoms with Gasteiger partial charge in [0.05, 0.1) is 29.9 Å². The molecule has 0 radical (unpaired) electrons. The van der Waals surface area contributed by atoms with Crippen LogP contribution in [-0.4, -0.2) is 25.8 Å². The average Bonchev–Trinajstić information content (AvgIpc) is 2.64. The zero-order valence-corrected chi connectivity index (χ0v) is 14.9. The molecule has 0 unspecified atom stereocenters. The fraction of sp³-hybridized carbons (Fsp3) is 0.263. The van der Waals surface area contributed by atoms with Crippen LogP contribution in [0.5, 0.6) is 0 Å². The van der Waals surface area contributed by atoms with Crippen molar-refractivity contribution in [3.05, 3.63) is 64.7 Å². The quantitative estimate of drug-likeness (QED) is 0.512. The van der Waals surface area contributed by atoms with E-state index in [9.17, 15) is 31.1 Å². The summed E-state index contributed by atoms with van der Waals surface area (Å²) < 4.78 is 83.2. The van der Waals surface area contributed by atoms with Crippen molar-refractivity contribution in [1.82, 2.24) is 0 Å². The van der Waals surface area contributed by atoms with Gasteiger partial charge >= 0.3 is 18.3 Å². The first-order valence-corrected chi connectivity index (χ1v) is 8.05. The molecular formula is C19H14F6N2O2. The Morgan fingerprint density at radius 1 is 1.10 bits per heavy atom. The molecule has 0 heterocycles. The van der Waals surface area contributed by atoms with Gasteiger partial charge in [0.2, 0.25) is 0 Å². The minimum atomic E-state index is -4.91. The number of carbonyl (C=O) groups excluding carboxylic acids is 1. The molecule has 0 saturated heterocycles. The molecule has 2 aromatic rings. The van der Waals surface area contributed by atoms with E-state index < -0.39 is 42.5 Å². The minimum Gasteiger partial charge on any atom is -0.465 e. The van der Waals surface area contributed by atoms with Crippen LogP contribution in [0.4, 0.5) is 32.0 Å². The molecule has 0 fully saturated rings. The SMILES string of the molecule is COC(=O)c1cccc(CN(CC(F)(F)F)c2ccc(C#N)c(C(F)(F)F)c2)c1. The van der Waals surface area contributed by atoms with Gasteiger partial charge < -0.3 is 9.64 Å². The van der Waals surface area contributed by atoms with E-state index in [1.165, 1.54) is 30.3 Å². The topological polar surface area (TPSA) is 53.3 Å². The van der Waals surface area contributed by atoms with Gasteiger partial charge in [0.25, 0.3) is 0 Å². The molecule has 0 amide bonds. The number of anilines is 1. The Kier molecular flexibility index (Phi) is 6.41. The lowest BCUT2D eigenvalue weighted by molar-refractivity contribution is -0.137. The molecule has 2 rings (SSSR count).